The topological polar surface area (TPSA) is 38.5 Å². The van der Waals surface area contributed by atoms with Gasteiger partial charge in [-0.25, -0.2) is 4.39 Å². The van der Waals surface area contributed by atoms with Crippen molar-refractivity contribution in [3.8, 4) is 11.5 Å². The van der Waals surface area contributed by atoms with Crippen molar-refractivity contribution in [1.82, 2.24) is 0 Å². The van der Waals surface area contributed by atoms with Gasteiger partial charge in [0.1, 0.15) is 17.3 Å². The normalized spacial score (nSPS) is 10.4. The van der Waals surface area contributed by atoms with E-state index >= 15 is 0 Å². The van der Waals surface area contributed by atoms with E-state index < -0.39 is 0 Å². The van der Waals surface area contributed by atoms with E-state index in [1.165, 1.54) is 6.07 Å². The average Bonchev–Trinajstić information content (AvgIpc) is 2.43. The summed E-state index contributed by atoms with van der Waals surface area (Å²) >= 11 is 0. The molecule has 0 heterocycles. The van der Waals surface area contributed by atoms with Crippen molar-refractivity contribution in [2.75, 3.05) is 25.5 Å². The lowest BCUT2D eigenvalue weighted by Gasteiger charge is -2.15. The fraction of sp³-hybridized carbons (Fsp3) is 0.250. The van der Waals surface area contributed by atoms with E-state index in [4.69, 9.17) is 10.5 Å². The monoisotopic (exact) mass is 274 g/mol. The van der Waals surface area contributed by atoms with Gasteiger partial charge in [0, 0.05) is 31.4 Å². The third kappa shape index (κ3) is 3.27. The number of halogens is 1. The van der Waals surface area contributed by atoms with Crippen molar-refractivity contribution in [1.29, 1.82) is 0 Å². The first-order chi connectivity index (χ1) is 9.61. The summed E-state index contributed by atoms with van der Waals surface area (Å²) in [4.78, 5) is 1.99. The maximum Gasteiger partial charge on any atom is 0.133 e. The molecule has 0 atom stereocenters. The van der Waals surface area contributed by atoms with Gasteiger partial charge in [0.2, 0.25) is 0 Å². The molecule has 2 N–H and O–H groups in total. The van der Waals surface area contributed by atoms with Crippen LogP contribution in [0.25, 0.3) is 0 Å². The second-order valence-corrected chi connectivity index (χ2v) is 4.75. The Bertz CT molecular complexity index is 584. The molecule has 2 aromatic rings. The van der Waals surface area contributed by atoms with Crippen LogP contribution in [0.15, 0.2) is 42.5 Å². The van der Waals surface area contributed by atoms with Crippen LogP contribution in [0.3, 0.4) is 0 Å². The molecule has 4 heteroatoms. The van der Waals surface area contributed by atoms with Crippen molar-refractivity contribution in [2.45, 2.75) is 6.42 Å². The number of nitrogens with zero attached hydrogens (tertiary/aromatic N) is 1. The lowest BCUT2D eigenvalue weighted by Crippen LogP contribution is -2.08. The van der Waals surface area contributed by atoms with Crippen LogP contribution in [-0.4, -0.2) is 20.6 Å². The predicted octanol–water partition coefficient (Wildman–Crippen LogP) is 3.19. The van der Waals surface area contributed by atoms with Crippen LogP contribution >= 0.6 is 0 Å². The Hall–Kier alpha value is -2.07. The Balaban J connectivity index is 2.30. The fourth-order valence-electron chi connectivity index (χ4n) is 1.97. The summed E-state index contributed by atoms with van der Waals surface area (Å²) in [7, 11) is 3.92. The minimum Gasteiger partial charge on any atom is -0.457 e. The van der Waals surface area contributed by atoms with Crippen LogP contribution in [0, 0.1) is 5.82 Å². The first-order valence-corrected chi connectivity index (χ1v) is 6.54. The minimum atomic E-state index is -0.281. The molecule has 0 aliphatic rings. The molecule has 0 aliphatic carbocycles. The zero-order valence-corrected chi connectivity index (χ0v) is 11.8. The van der Waals surface area contributed by atoms with E-state index in [9.17, 15) is 4.39 Å². The number of ether oxygens (including phenoxy) is 1. The van der Waals surface area contributed by atoms with E-state index in [-0.39, 0.29) is 5.82 Å². The molecule has 3 nitrogen and oxygen atoms in total. The smallest absolute Gasteiger partial charge is 0.133 e. The summed E-state index contributed by atoms with van der Waals surface area (Å²) < 4.78 is 19.6. The number of hydrogen-bond donors (Lipinski definition) is 1. The first-order valence-electron chi connectivity index (χ1n) is 6.54. The summed E-state index contributed by atoms with van der Waals surface area (Å²) in [6.45, 7) is 0.384. The lowest BCUT2D eigenvalue weighted by molar-refractivity contribution is 0.467. The Morgan fingerprint density at radius 3 is 2.60 bits per heavy atom. The van der Waals surface area contributed by atoms with Gasteiger partial charge in [-0.15, -0.1) is 0 Å². The second kappa shape index (κ2) is 6.39. The molecule has 2 aromatic carbocycles. The highest BCUT2D eigenvalue weighted by Crippen LogP contribution is 2.29. The van der Waals surface area contributed by atoms with Crippen LogP contribution in [0.4, 0.5) is 10.1 Å². The van der Waals surface area contributed by atoms with Crippen molar-refractivity contribution in [3.05, 3.63) is 53.8 Å². The van der Waals surface area contributed by atoms with E-state index in [0.717, 1.165) is 5.69 Å². The zero-order chi connectivity index (χ0) is 14.5. The van der Waals surface area contributed by atoms with Gasteiger partial charge in [-0.2, -0.15) is 0 Å². The Morgan fingerprint density at radius 2 is 1.90 bits per heavy atom. The molecule has 0 spiro atoms. The van der Waals surface area contributed by atoms with Gasteiger partial charge in [-0.05, 0) is 37.2 Å². The fourth-order valence-corrected chi connectivity index (χ4v) is 1.97. The molecular weight excluding hydrogens is 255 g/mol. The van der Waals surface area contributed by atoms with Crippen LogP contribution in [0.5, 0.6) is 11.5 Å². The Kier molecular flexibility index (Phi) is 4.58. The number of benzene rings is 2. The number of rotatable bonds is 5. The summed E-state index contributed by atoms with van der Waals surface area (Å²) in [5.74, 6) is 0.920. The second-order valence-electron chi connectivity index (χ2n) is 4.75. The predicted molar refractivity (Wildman–Crippen MR) is 80.0 cm³/mol. The third-order valence-electron chi connectivity index (χ3n) is 3.03. The maximum atomic E-state index is 13.8. The van der Waals surface area contributed by atoms with Gasteiger partial charge in [0.25, 0.3) is 0 Å². The summed E-state index contributed by atoms with van der Waals surface area (Å²) in [6, 6.07) is 12.5. The molecule has 2 rings (SSSR count). The highest BCUT2D eigenvalue weighted by Gasteiger charge is 2.10. The Labute approximate surface area is 118 Å². The van der Waals surface area contributed by atoms with E-state index in [0.29, 0.717) is 30.0 Å². The van der Waals surface area contributed by atoms with Gasteiger partial charge in [0.05, 0.1) is 0 Å². The number of nitrogens with two attached hydrogens (primary N) is 1. The standard InChI is InChI=1S/C16H19FN2O/c1-19(2)12-5-3-6-13(11-12)20-16-8-4-7-15(17)14(16)9-10-18/h3-8,11H,9-10,18H2,1-2H3. The highest BCUT2D eigenvalue weighted by molar-refractivity contribution is 5.50. The molecule has 0 amide bonds. The van der Waals surface area contributed by atoms with Crippen LogP contribution in [0.2, 0.25) is 0 Å². The molecule has 0 unspecified atom stereocenters. The SMILES string of the molecule is CN(C)c1cccc(Oc2cccc(F)c2CCN)c1. The average molecular weight is 274 g/mol. The summed E-state index contributed by atoms with van der Waals surface area (Å²) in [6.07, 6.45) is 0.454. The van der Waals surface area contributed by atoms with Crippen molar-refractivity contribution in [3.63, 3.8) is 0 Å². The van der Waals surface area contributed by atoms with Gasteiger partial charge in [-0.1, -0.05) is 12.1 Å². The van der Waals surface area contributed by atoms with E-state index in [2.05, 4.69) is 0 Å². The van der Waals surface area contributed by atoms with Gasteiger partial charge in [0.15, 0.2) is 0 Å². The van der Waals surface area contributed by atoms with Gasteiger partial charge in [-0.3, -0.25) is 0 Å². The molecule has 20 heavy (non-hydrogen) atoms. The molecule has 0 radical (unpaired) electrons. The molecule has 0 saturated heterocycles. The highest BCUT2D eigenvalue weighted by atomic mass is 19.1. The molecule has 0 saturated carbocycles. The molecule has 0 aromatic heterocycles. The van der Waals surface area contributed by atoms with Gasteiger partial charge >= 0.3 is 0 Å². The van der Waals surface area contributed by atoms with Crippen molar-refractivity contribution >= 4 is 5.69 Å². The number of anilines is 1. The lowest BCUT2D eigenvalue weighted by atomic mass is 10.1. The van der Waals surface area contributed by atoms with Crippen molar-refractivity contribution in [2.24, 2.45) is 5.73 Å². The Morgan fingerprint density at radius 1 is 1.15 bits per heavy atom. The zero-order valence-electron chi connectivity index (χ0n) is 11.8. The van der Waals surface area contributed by atoms with Crippen molar-refractivity contribution < 1.29 is 9.13 Å². The first kappa shape index (κ1) is 14.3. The molecule has 0 bridgehead atoms. The minimum absolute atomic E-state index is 0.281. The van der Waals surface area contributed by atoms with Crippen LogP contribution in [-0.2, 0) is 6.42 Å². The quantitative estimate of drug-likeness (QED) is 0.910. The van der Waals surface area contributed by atoms with E-state index in [1.54, 1.807) is 12.1 Å². The molecular formula is C16H19FN2O. The molecule has 0 fully saturated rings. The summed E-state index contributed by atoms with van der Waals surface area (Å²) in [5, 5.41) is 0. The van der Waals surface area contributed by atoms with Crippen LogP contribution < -0.4 is 15.4 Å². The van der Waals surface area contributed by atoms with E-state index in [1.807, 2.05) is 43.3 Å². The molecule has 106 valence electrons. The number of hydrogen-bond acceptors (Lipinski definition) is 3. The van der Waals surface area contributed by atoms with Gasteiger partial charge < -0.3 is 15.4 Å². The van der Waals surface area contributed by atoms with Crippen LogP contribution in [0.1, 0.15) is 5.56 Å². The largest absolute Gasteiger partial charge is 0.457 e. The molecule has 0 aliphatic heterocycles. The third-order valence-corrected chi connectivity index (χ3v) is 3.03. The summed E-state index contributed by atoms with van der Waals surface area (Å²) in [5.41, 5.74) is 7.07. The maximum absolute atomic E-state index is 13.8.